The summed E-state index contributed by atoms with van der Waals surface area (Å²) in [5.41, 5.74) is 12.5. The van der Waals surface area contributed by atoms with Crippen LogP contribution < -0.4 is 22.1 Å². The molecule has 4 unspecified atom stereocenters. The van der Waals surface area contributed by atoms with Crippen molar-refractivity contribution in [3.63, 3.8) is 0 Å². The molecule has 582 valence electrons. The van der Waals surface area contributed by atoms with Gasteiger partial charge in [0.2, 0.25) is 11.8 Å². The molecule has 0 aliphatic carbocycles. The fraction of sp³-hybridized carbons (Fsp3) is 0.634. The molecule has 16 atom stereocenters. The number of aliphatic imine (C=N–C) groups is 4. The SMILES string of the molecule is C=C1N=C(N)C(CO[Si](C)(C)C(C)(C)C)=CN1C1O[C@H](CCP(=C)(C)C)[C@@H](O)[C@H]1O.C=C1N=C(N)C=CN1C1O[C@H](CCP(=C)(C)C)[C@@H](O)[C@]1(C)O.C=C1N=C(NC(C)=O)C(C)=CN1C1O[C@H](CCP(=C)(C)C)[C@@H](O)[C@H]1O.C=C1N=C(NC(C)=O)C(CC)=CN1C1O[C@H](CCP(=C)(C)C)[C@@H](O)[C@H]1O. The number of nitrogens with zero attached hydrogens (tertiary/aromatic N) is 8. The number of carbonyl (C=O) groups excluding carboxylic acids is 2. The minimum Gasteiger partial charge on any atom is -0.412 e. The molecule has 2 amide bonds. The molecule has 4 fully saturated rings. The van der Waals surface area contributed by atoms with Gasteiger partial charge in [0.15, 0.2) is 33.2 Å². The molecule has 8 heterocycles. The summed E-state index contributed by atoms with van der Waals surface area (Å²) >= 11 is 0. The minimum atomic E-state index is -1.97. The van der Waals surface area contributed by atoms with Gasteiger partial charge in [0, 0.05) is 55.4 Å². The van der Waals surface area contributed by atoms with E-state index >= 15 is 0 Å². The highest BCUT2D eigenvalue weighted by Gasteiger charge is 2.55. The fourth-order valence-corrected chi connectivity index (χ4v) is 16.3. The lowest BCUT2D eigenvalue weighted by atomic mass is 9.95. The van der Waals surface area contributed by atoms with Crippen LogP contribution in [0.25, 0.3) is 0 Å². The molecule has 0 aromatic carbocycles. The molecule has 27 nitrogen and oxygen atoms in total. The third-order valence-corrected chi connectivity index (χ3v) is 29.2. The van der Waals surface area contributed by atoms with Crippen LogP contribution in [0, 0.1) is 0 Å². The first-order valence-electron chi connectivity index (χ1n) is 34.6. The van der Waals surface area contributed by atoms with Crippen LogP contribution in [0.15, 0.2) is 117 Å². The van der Waals surface area contributed by atoms with Gasteiger partial charge in [-0.2, -0.15) is 0 Å². The maximum atomic E-state index is 11.3. The molecule has 8 rings (SSSR count). The highest BCUT2D eigenvalue weighted by Crippen LogP contribution is 2.45. The van der Waals surface area contributed by atoms with Crippen molar-refractivity contribution < 1.29 is 73.8 Å². The molecule has 8 aliphatic rings. The number of hydrogen-bond donors (Lipinski definition) is 12. The number of amides is 2. The maximum absolute atomic E-state index is 11.3. The van der Waals surface area contributed by atoms with Crippen LogP contribution in [0.1, 0.15) is 87.5 Å². The Morgan fingerprint density at radius 3 is 1.32 bits per heavy atom. The molecule has 0 saturated carbocycles. The second-order valence-electron chi connectivity index (χ2n) is 32.1. The predicted molar refractivity (Wildman–Crippen MR) is 431 cm³/mol. The third-order valence-electron chi connectivity index (χ3n) is 18.8. The van der Waals surface area contributed by atoms with Gasteiger partial charge >= 0.3 is 0 Å². The molecule has 103 heavy (non-hydrogen) atoms. The van der Waals surface area contributed by atoms with Crippen LogP contribution >= 0.6 is 27.5 Å². The first-order valence-corrected chi connectivity index (χ1v) is 49.7. The number of carbonyl (C=O) groups is 2. The Balaban J connectivity index is 0.000000248. The van der Waals surface area contributed by atoms with Gasteiger partial charge in [0.05, 0.1) is 31.0 Å². The summed E-state index contributed by atoms with van der Waals surface area (Å²) in [6.07, 6.45) is 20.0. The van der Waals surface area contributed by atoms with Crippen molar-refractivity contribution in [3.8, 4) is 0 Å². The van der Waals surface area contributed by atoms with E-state index in [1.165, 1.54) is 13.8 Å². The fourth-order valence-electron chi connectivity index (χ4n) is 11.5. The number of hydrogen-bond acceptors (Lipinski definition) is 25. The quantitative estimate of drug-likeness (QED) is 0.0559. The van der Waals surface area contributed by atoms with Gasteiger partial charge in [-0.15, -0.1) is 52.7 Å². The van der Waals surface area contributed by atoms with Gasteiger partial charge < -0.3 is 106 Å². The number of nitrogens with two attached hydrogens (primary N) is 2. The number of aliphatic hydroxyl groups excluding tert-OH is 7. The predicted octanol–water partition coefficient (Wildman–Crippen LogP) is 5.07. The van der Waals surface area contributed by atoms with Crippen LogP contribution in [-0.2, 0) is 33.0 Å². The summed E-state index contributed by atoms with van der Waals surface area (Å²) in [5.74, 6) is 2.55. The molecule has 14 N–H and O–H groups in total. The summed E-state index contributed by atoms with van der Waals surface area (Å²) in [4.78, 5) is 46.1. The zero-order valence-electron chi connectivity index (χ0n) is 64.2. The average Bonchev–Trinajstić information content (AvgIpc) is 1.65. The van der Waals surface area contributed by atoms with Crippen molar-refractivity contribution in [2.75, 3.05) is 84.6 Å². The molecular weight excluding hydrogens is 1410 g/mol. The van der Waals surface area contributed by atoms with Crippen molar-refractivity contribution in [2.24, 2.45) is 31.4 Å². The number of amidine groups is 4. The highest BCUT2D eigenvalue weighted by atomic mass is 31.2. The molecule has 0 aromatic rings. The lowest BCUT2D eigenvalue weighted by Crippen LogP contribution is -2.51. The van der Waals surface area contributed by atoms with E-state index in [2.05, 4.69) is 169 Å². The van der Waals surface area contributed by atoms with Gasteiger partial charge in [-0.25, -0.2) is 20.0 Å². The first kappa shape index (κ1) is 88.9. The summed E-state index contributed by atoms with van der Waals surface area (Å²) in [5, 5.41) is 89.3. The van der Waals surface area contributed by atoms with E-state index in [-0.39, 0.29) is 16.9 Å². The zero-order chi connectivity index (χ0) is 78.4. The third kappa shape index (κ3) is 24.6. The zero-order valence-corrected chi connectivity index (χ0v) is 68.8. The standard InChI is InChI=1S/C21H40N3O4PSi.C18H30N3O4P.C17H28N3O4P.C15H26N3O3P/c1-14-23-19(22)15(13-27-30(8,9)21(2,3)4)12-24(14)20-18(26)17(25)16(28-20)10-11-29(5,6)7;1-7-13-10-21(11(2)19-17(13)20-12(3)22)18-16(24)15(23)14(25-18)8-9-26(4,5)6;1-10-9-20(11(2)18-16(10)19-12(3)21)17-15(23)14(22)13(24-17)7-8-25(4,5)6;1-10-17-12(16)6-8-18(10)14-15(2,20)13(19)11(21-14)7-9-22(3,4)5/h12,16-18,20,25-26H,1,5,10-11,13H2,2-4,6-9H3,(H2,22,23);10,14-16,18,23-24H,2,4,7-9H2,1,3,5-6H3,(H,19,20,22);9,13-15,17,22-23H,2,4,7-8H2,1,3,5-6H3,(H,18,19,21);6,8,11,13-14,19-20H,1,3,7,9H2,2,4-5H3,(H2,16,17)/t16-,17-,18-,20?;14-,15-,16-,18?;13-,14-,15-,17?;11-,13-,14?,15+/m1111/s1. The summed E-state index contributed by atoms with van der Waals surface area (Å²) in [6, 6.07) is 0. The first-order chi connectivity index (χ1) is 47.1. The van der Waals surface area contributed by atoms with Gasteiger partial charge in [-0.3, -0.25) is 9.59 Å². The lowest BCUT2D eigenvalue weighted by Gasteiger charge is -2.37. The van der Waals surface area contributed by atoms with Crippen LogP contribution in [0.4, 0.5) is 0 Å². The minimum absolute atomic E-state index is 0.0735. The van der Waals surface area contributed by atoms with Crippen molar-refractivity contribution in [2.45, 2.75) is 203 Å². The Hall–Kier alpha value is -4.76. The number of ether oxygens (including phenoxy) is 4. The van der Waals surface area contributed by atoms with Gasteiger partial charge in [-0.05, 0) is 148 Å². The van der Waals surface area contributed by atoms with Crippen molar-refractivity contribution in [1.29, 1.82) is 0 Å². The monoisotopic (exact) mass is 1540 g/mol. The van der Waals surface area contributed by atoms with Gasteiger partial charge in [0.25, 0.3) is 0 Å². The Kier molecular flexibility index (Phi) is 30.6. The van der Waals surface area contributed by atoms with Crippen molar-refractivity contribution >= 4 is 96.2 Å². The molecule has 8 aliphatic heterocycles. The number of aliphatic hydroxyl groups is 8. The van der Waals surface area contributed by atoms with Crippen LogP contribution in [0.3, 0.4) is 0 Å². The Labute approximate surface area is 613 Å². The highest BCUT2D eigenvalue weighted by molar-refractivity contribution is 7.73. The Morgan fingerprint density at radius 2 is 0.942 bits per heavy atom. The number of nitrogens with one attached hydrogen (secondary N) is 2. The van der Waals surface area contributed by atoms with Gasteiger partial charge in [-0.1, -0.05) is 54.0 Å². The molecule has 4 saturated heterocycles. The normalized spacial score (nSPS) is 30.7. The van der Waals surface area contributed by atoms with Crippen molar-refractivity contribution in [3.05, 3.63) is 97.2 Å². The van der Waals surface area contributed by atoms with E-state index in [9.17, 15) is 50.4 Å². The van der Waals surface area contributed by atoms with E-state index in [4.69, 9.17) is 34.8 Å². The number of rotatable bonds is 20. The summed E-state index contributed by atoms with van der Waals surface area (Å²) < 4.78 is 30.1. The summed E-state index contributed by atoms with van der Waals surface area (Å²) in [7, 11) is -1.97. The lowest BCUT2D eigenvalue weighted by molar-refractivity contribution is -0.118. The Morgan fingerprint density at radius 1 is 0.583 bits per heavy atom. The van der Waals surface area contributed by atoms with E-state index in [0.29, 0.717) is 96.5 Å². The second kappa shape index (κ2) is 35.5. The van der Waals surface area contributed by atoms with E-state index < -0.39 is 134 Å². The average molecular weight is 1540 g/mol. The van der Waals surface area contributed by atoms with Gasteiger partial charge in [0.1, 0.15) is 95.0 Å². The molecule has 0 bridgehead atoms. The van der Waals surface area contributed by atoms with E-state index in [1.807, 2.05) is 6.92 Å². The molecule has 32 heteroatoms. The molecule has 0 radical (unpaired) electrons. The second-order valence-corrected chi connectivity index (χ2v) is 54.2. The largest absolute Gasteiger partial charge is 0.412 e. The molecular formula is C71H124N12O15P4Si. The smallest absolute Gasteiger partial charge is 0.222 e. The molecule has 0 spiro atoms. The van der Waals surface area contributed by atoms with E-state index in [0.717, 1.165) is 30.2 Å². The van der Waals surface area contributed by atoms with E-state index in [1.54, 1.807) is 64.3 Å². The van der Waals surface area contributed by atoms with Crippen molar-refractivity contribution in [1.82, 2.24) is 30.2 Å². The van der Waals surface area contributed by atoms with Crippen LogP contribution in [0.2, 0.25) is 18.1 Å². The van der Waals surface area contributed by atoms with Crippen LogP contribution in [-0.4, -0.2) is 311 Å². The maximum Gasteiger partial charge on any atom is 0.222 e. The topological polar surface area (TPSA) is 381 Å². The van der Waals surface area contributed by atoms with Crippen LogP contribution in [0.5, 0.6) is 0 Å². The Bertz CT molecular complexity index is 3600. The molecule has 0 aromatic heterocycles. The summed E-state index contributed by atoms with van der Waals surface area (Å²) in [6.45, 7) is 47.0.